The van der Waals surface area contributed by atoms with E-state index in [9.17, 15) is 0 Å². The van der Waals surface area contributed by atoms with E-state index in [1.807, 2.05) is 18.2 Å². The maximum atomic E-state index is 5.85. The maximum Gasteiger partial charge on any atom is 0.0642 e. The summed E-state index contributed by atoms with van der Waals surface area (Å²) in [5.74, 6) is 0. The number of morpholine rings is 1. The van der Waals surface area contributed by atoms with Crippen LogP contribution in [-0.2, 0) is 4.74 Å². The highest BCUT2D eigenvalue weighted by Gasteiger charge is 2.10. The van der Waals surface area contributed by atoms with Crippen LogP contribution in [0.15, 0.2) is 18.2 Å². The van der Waals surface area contributed by atoms with E-state index in [0.29, 0.717) is 5.02 Å². The van der Waals surface area contributed by atoms with Crippen LogP contribution in [-0.4, -0.2) is 26.3 Å². The lowest BCUT2D eigenvalue weighted by Crippen LogP contribution is -2.36. The Morgan fingerprint density at radius 3 is 2.85 bits per heavy atom. The monoisotopic (exact) mass is 196 g/mol. The molecule has 1 aromatic carbocycles. The van der Waals surface area contributed by atoms with Crippen molar-refractivity contribution in [1.29, 1.82) is 0 Å². The average Bonchev–Trinajstić information content (AvgIpc) is 2.19. The van der Waals surface area contributed by atoms with Crippen molar-refractivity contribution in [3.63, 3.8) is 0 Å². The molecule has 0 bridgehead atoms. The van der Waals surface area contributed by atoms with Gasteiger partial charge in [0, 0.05) is 24.8 Å². The Balaban J connectivity index is 2.14. The van der Waals surface area contributed by atoms with Crippen LogP contribution >= 0.6 is 11.6 Å². The van der Waals surface area contributed by atoms with E-state index in [2.05, 4.69) is 11.0 Å². The molecule has 1 heterocycles. The van der Waals surface area contributed by atoms with Gasteiger partial charge in [-0.15, -0.1) is 0 Å². The first-order valence-electron chi connectivity index (χ1n) is 4.36. The van der Waals surface area contributed by atoms with Crippen LogP contribution in [0.2, 0.25) is 5.02 Å². The van der Waals surface area contributed by atoms with E-state index in [4.69, 9.17) is 16.3 Å². The molecule has 1 saturated heterocycles. The van der Waals surface area contributed by atoms with Crippen molar-refractivity contribution in [3.8, 4) is 0 Å². The quantitative estimate of drug-likeness (QED) is 0.681. The van der Waals surface area contributed by atoms with E-state index in [0.717, 1.165) is 32.0 Å². The molecule has 1 fully saturated rings. The molecule has 0 N–H and O–H groups in total. The third-order valence-electron chi connectivity index (χ3n) is 2.13. The highest BCUT2D eigenvalue weighted by molar-refractivity contribution is 6.30. The van der Waals surface area contributed by atoms with Gasteiger partial charge in [0.25, 0.3) is 0 Å². The minimum atomic E-state index is 0.670. The molecule has 2 rings (SSSR count). The smallest absolute Gasteiger partial charge is 0.0642 e. The SMILES string of the molecule is Clc1[c]ccc(N2CCOCC2)c1. The Morgan fingerprint density at radius 2 is 2.15 bits per heavy atom. The molecule has 1 aliphatic rings. The van der Waals surface area contributed by atoms with Gasteiger partial charge in [0.1, 0.15) is 0 Å². The van der Waals surface area contributed by atoms with Gasteiger partial charge in [0.2, 0.25) is 0 Å². The Bertz CT molecular complexity index is 284. The minimum absolute atomic E-state index is 0.670. The molecule has 0 atom stereocenters. The fourth-order valence-corrected chi connectivity index (χ4v) is 1.62. The van der Waals surface area contributed by atoms with Crippen molar-refractivity contribution < 1.29 is 4.74 Å². The fraction of sp³-hybridized carbons (Fsp3) is 0.400. The molecule has 0 spiro atoms. The van der Waals surface area contributed by atoms with Gasteiger partial charge >= 0.3 is 0 Å². The number of ether oxygens (including phenoxy) is 1. The first kappa shape index (κ1) is 8.85. The Labute approximate surface area is 83.1 Å². The lowest BCUT2D eigenvalue weighted by Gasteiger charge is -2.28. The van der Waals surface area contributed by atoms with Crippen molar-refractivity contribution in [2.75, 3.05) is 31.2 Å². The summed E-state index contributed by atoms with van der Waals surface area (Å²) in [5.41, 5.74) is 1.16. The van der Waals surface area contributed by atoms with Crippen LogP contribution in [0, 0.1) is 6.07 Å². The predicted octanol–water partition coefficient (Wildman–Crippen LogP) is 1.98. The number of hydrogen-bond donors (Lipinski definition) is 0. The third kappa shape index (κ3) is 2.14. The first-order valence-corrected chi connectivity index (χ1v) is 4.74. The molecule has 0 amide bonds. The van der Waals surface area contributed by atoms with Gasteiger partial charge in [-0.2, -0.15) is 0 Å². The summed E-state index contributed by atoms with van der Waals surface area (Å²) in [6.07, 6.45) is 0. The van der Waals surface area contributed by atoms with Gasteiger partial charge in [-0.05, 0) is 12.1 Å². The second kappa shape index (κ2) is 3.99. The van der Waals surface area contributed by atoms with Crippen molar-refractivity contribution in [2.24, 2.45) is 0 Å². The molecule has 1 aromatic rings. The zero-order valence-corrected chi connectivity index (χ0v) is 8.05. The number of rotatable bonds is 1. The van der Waals surface area contributed by atoms with Crippen LogP contribution in [0.25, 0.3) is 0 Å². The van der Waals surface area contributed by atoms with Gasteiger partial charge in [-0.1, -0.05) is 17.7 Å². The zero-order chi connectivity index (χ0) is 9.10. The van der Waals surface area contributed by atoms with Crippen molar-refractivity contribution in [1.82, 2.24) is 0 Å². The van der Waals surface area contributed by atoms with E-state index in [-0.39, 0.29) is 0 Å². The van der Waals surface area contributed by atoms with Crippen molar-refractivity contribution >= 4 is 17.3 Å². The van der Waals surface area contributed by atoms with Crippen LogP contribution in [0.5, 0.6) is 0 Å². The van der Waals surface area contributed by atoms with Crippen LogP contribution < -0.4 is 4.90 Å². The lowest BCUT2D eigenvalue weighted by molar-refractivity contribution is 0.122. The molecule has 3 heteroatoms. The van der Waals surface area contributed by atoms with Crippen LogP contribution in [0.3, 0.4) is 0 Å². The molecule has 1 aliphatic heterocycles. The largest absolute Gasteiger partial charge is 0.378 e. The normalized spacial score (nSPS) is 17.5. The summed E-state index contributed by atoms with van der Waals surface area (Å²) in [6, 6.07) is 8.73. The van der Waals surface area contributed by atoms with Crippen LogP contribution in [0.4, 0.5) is 5.69 Å². The molecule has 0 aliphatic carbocycles. The fourth-order valence-electron chi connectivity index (χ4n) is 1.44. The Hall–Kier alpha value is -0.730. The predicted molar refractivity (Wildman–Crippen MR) is 53.3 cm³/mol. The van der Waals surface area contributed by atoms with E-state index in [1.54, 1.807) is 0 Å². The van der Waals surface area contributed by atoms with E-state index >= 15 is 0 Å². The van der Waals surface area contributed by atoms with Crippen LogP contribution in [0.1, 0.15) is 0 Å². The molecule has 69 valence electrons. The van der Waals surface area contributed by atoms with Gasteiger partial charge in [-0.3, -0.25) is 0 Å². The van der Waals surface area contributed by atoms with E-state index in [1.165, 1.54) is 0 Å². The molecule has 2 nitrogen and oxygen atoms in total. The number of halogens is 1. The van der Waals surface area contributed by atoms with Gasteiger partial charge in [0.05, 0.1) is 18.2 Å². The summed E-state index contributed by atoms with van der Waals surface area (Å²) in [4.78, 5) is 2.27. The molecule has 13 heavy (non-hydrogen) atoms. The second-order valence-electron chi connectivity index (χ2n) is 2.99. The number of hydrogen-bond acceptors (Lipinski definition) is 2. The zero-order valence-electron chi connectivity index (χ0n) is 7.29. The molecule has 0 unspecified atom stereocenters. The molecule has 1 radical (unpaired) electrons. The molecule has 0 saturated carbocycles. The van der Waals surface area contributed by atoms with Crippen molar-refractivity contribution in [2.45, 2.75) is 0 Å². The topological polar surface area (TPSA) is 12.5 Å². The second-order valence-corrected chi connectivity index (χ2v) is 3.40. The molecule has 0 aromatic heterocycles. The highest BCUT2D eigenvalue weighted by Crippen LogP contribution is 2.19. The summed E-state index contributed by atoms with van der Waals surface area (Å²) in [6.45, 7) is 3.49. The van der Waals surface area contributed by atoms with Crippen molar-refractivity contribution in [3.05, 3.63) is 29.3 Å². The Kier molecular flexibility index (Phi) is 2.71. The minimum Gasteiger partial charge on any atom is -0.378 e. The van der Waals surface area contributed by atoms with Gasteiger partial charge in [0.15, 0.2) is 0 Å². The summed E-state index contributed by atoms with van der Waals surface area (Å²) in [5, 5.41) is 0.670. The van der Waals surface area contributed by atoms with Gasteiger partial charge in [-0.25, -0.2) is 0 Å². The van der Waals surface area contributed by atoms with Gasteiger partial charge < -0.3 is 9.64 Å². The first-order chi connectivity index (χ1) is 6.36. The lowest BCUT2D eigenvalue weighted by atomic mass is 10.2. The molecular weight excluding hydrogens is 186 g/mol. The molecular formula is C10H11ClNO. The number of anilines is 1. The third-order valence-corrected chi connectivity index (χ3v) is 2.34. The summed E-state index contributed by atoms with van der Waals surface area (Å²) in [7, 11) is 0. The Morgan fingerprint density at radius 1 is 1.38 bits per heavy atom. The number of benzene rings is 1. The maximum absolute atomic E-state index is 5.85. The summed E-state index contributed by atoms with van der Waals surface area (Å²) >= 11 is 5.85. The standard InChI is InChI=1S/C10H11ClNO/c11-9-2-1-3-10(8-9)12-4-6-13-7-5-12/h1,3,8H,4-7H2. The number of nitrogens with zero attached hydrogens (tertiary/aromatic N) is 1. The van der Waals surface area contributed by atoms with E-state index < -0.39 is 0 Å². The summed E-state index contributed by atoms with van der Waals surface area (Å²) < 4.78 is 5.27. The average molecular weight is 197 g/mol. The highest BCUT2D eigenvalue weighted by atomic mass is 35.5.